The number of anilines is 1. The number of aryl methyl sites for hydroxylation is 1. The quantitative estimate of drug-likeness (QED) is 0.553. The van der Waals surface area contributed by atoms with Crippen LogP contribution in [0.3, 0.4) is 0 Å². The molecule has 0 saturated heterocycles. The minimum Gasteiger partial charge on any atom is -0.452 e. The van der Waals surface area contributed by atoms with Crippen molar-refractivity contribution in [2.24, 2.45) is 0 Å². The number of carbonyl (C=O) groups excluding carboxylic acids is 2. The van der Waals surface area contributed by atoms with Gasteiger partial charge in [-0.1, -0.05) is 66.2 Å². The number of rotatable bonds is 5. The van der Waals surface area contributed by atoms with Crippen LogP contribution in [-0.2, 0) is 14.3 Å². The fourth-order valence-corrected chi connectivity index (χ4v) is 2.55. The second-order valence-electron chi connectivity index (χ2n) is 5.93. The van der Waals surface area contributed by atoms with Gasteiger partial charge in [-0.05, 0) is 30.0 Å². The van der Waals surface area contributed by atoms with Gasteiger partial charge in [0.15, 0.2) is 6.61 Å². The first-order chi connectivity index (χ1) is 12.6. The van der Waals surface area contributed by atoms with Crippen LogP contribution < -0.4 is 5.32 Å². The maximum atomic E-state index is 12.1. The number of ether oxygens (including phenoxy) is 1. The third-order valence-electron chi connectivity index (χ3n) is 3.90. The van der Waals surface area contributed by atoms with Gasteiger partial charge in [0, 0.05) is 17.1 Å². The van der Waals surface area contributed by atoms with Gasteiger partial charge in [-0.25, -0.2) is 4.79 Å². The number of amides is 1. The number of esters is 1. The Hall–Kier alpha value is -3.40. The molecule has 0 bridgehead atoms. The summed E-state index contributed by atoms with van der Waals surface area (Å²) in [6.07, 6.45) is 2.97. The Balaban J connectivity index is 1.55. The molecule has 0 aliphatic rings. The van der Waals surface area contributed by atoms with Gasteiger partial charge >= 0.3 is 5.97 Å². The first-order valence-corrected chi connectivity index (χ1v) is 8.31. The van der Waals surface area contributed by atoms with E-state index in [-0.39, 0.29) is 12.5 Å². The van der Waals surface area contributed by atoms with Crippen LogP contribution in [0.4, 0.5) is 5.69 Å². The van der Waals surface area contributed by atoms with Crippen molar-refractivity contribution in [3.05, 3.63) is 83.9 Å². The average Bonchev–Trinajstić information content (AvgIpc) is 2.66. The molecule has 130 valence electrons. The van der Waals surface area contributed by atoms with Crippen LogP contribution in [0.5, 0.6) is 0 Å². The highest BCUT2D eigenvalue weighted by Gasteiger charge is 2.07. The predicted molar refractivity (Wildman–Crippen MR) is 104 cm³/mol. The van der Waals surface area contributed by atoms with Crippen LogP contribution in [0.2, 0.25) is 0 Å². The van der Waals surface area contributed by atoms with Crippen molar-refractivity contribution in [1.82, 2.24) is 0 Å². The normalized spacial score (nSPS) is 10.8. The number of carbonyl (C=O) groups is 2. The zero-order valence-corrected chi connectivity index (χ0v) is 14.4. The van der Waals surface area contributed by atoms with Gasteiger partial charge in [0.2, 0.25) is 0 Å². The average molecular weight is 345 g/mol. The molecule has 4 heteroatoms. The van der Waals surface area contributed by atoms with Crippen LogP contribution in [0.1, 0.15) is 11.1 Å². The molecular formula is C22H19NO3. The first kappa shape index (κ1) is 17.4. The zero-order valence-electron chi connectivity index (χ0n) is 14.4. The summed E-state index contributed by atoms with van der Waals surface area (Å²) in [6.45, 7) is 1.66. The van der Waals surface area contributed by atoms with E-state index in [1.165, 1.54) is 6.08 Å². The third kappa shape index (κ3) is 4.57. The summed E-state index contributed by atoms with van der Waals surface area (Å²) < 4.78 is 5.00. The maximum Gasteiger partial charge on any atom is 0.331 e. The molecule has 1 N–H and O–H groups in total. The highest BCUT2D eigenvalue weighted by atomic mass is 16.5. The molecule has 0 unspecified atom stereocenters. The van der Waals surface area contributed by atoms with Gasteiger partial charge in [0.25, 0.3) is 5.91 Å². The van der Waals surface area contributed by atoms with Gasteiger partial charge in [-0.15, -0.1) is 0 Å². The van der Waals surface area contributed by atoms with E-state index in [0.717, 1.165) is 21.9 Å². The van der Waals surface area contributed by atoms with Gasteiger partial charge in [0.05, 0.1) is 0 Å². The van der Waals surface area contributed by atoms with E-state index in [9.17, 15) is 9.59 Å². The summed E-state index contributed by atoms with van der Waals surface area (Å²) in [4.78, 5) is 23.8. The van der Waals surface area contributed by atoms with Gasteiger partial charge in [-0.3, -0.25) is 4.79 Å². The van der Waals surface area contributed by atoms with E-state index in [4.69, 9.17) is 4.74 Å². The largest absolute Gasteiger partial charge is 0.452 e. The van der Waals surface area contributed by atoms with E-state index in [0.29, 0.717) is 5.69 Å². The highest BCUT2D eigenvalue weighted by molar-refractivity contribution is 6.03. The standard InChI is InChI=1S/C22H19NO3/c1-16-9-11-17(12-10-16)13-14-22(25)26-15-21(24)23-20-8-4-6-18-5-2-3-7-19(18)20/h2-14H,15H2,1H3,(H,23,24)/b14-13+. The Morgan fingerprint density at radius 3 is 2.50 bits per heavy atom. The summed E-state index contributed by atoms with van der Waals surface area (Å²) >= 11 is 0. The summed E-state index contributed by atoms with van der Waals surface area (Å²) in [6, 6.07) is 21.2. The number of nitrogens with one attached hydrogen (secondary N) is 1. The summed E-state index contributed by atoms with van der Waals surface area (Å²) in [5.74, 6) is -0.933. The molecule has 1 amide bonds. The van der Waals surface area contributed by atoms with E-state index in [1.807, 2.05) is 73.7 Å². The van der Waals surface area contributed by atoms with Gasteiger partial charge < -0.3 is 10.1 Å². The lowest BCUT2D eigenvalue weighted by atomic mass is 10.1. The monoisotopic (exact) mass is 345 g/mol. The fourth-order valence-electron chi connectivity index (χ4n) is 2.55. The summed E-state index contributed by atoms with van der Waals surface area (Å²) in [5, 5.41) is 4.75. The van der Waals surface area contributed by atoms with Crippen LogP contribution in [-0.4, -0.2) is 18.5 Å². The molecule has 4 nitrogen and oxygen atoms in total. The molecule has 3 aromatic rings. The lowest BCUT2D eigenvalue weighted by Crippen LogP contribution is -2.20. The fraction of sp³-hybridized carbons (Fsp3) is 0.0909. The molecule has 0 heterocycles. The van der Waals surface area contributed by atoms with Crippen molar-refractivity contribution in [1.29, 1.82) is 0 Å². The second kappa shape index (κ2) is 8.12. The van der Waals surface area contributed by atoms with Crippen molar-refractivity contribution < 1.29 is 14.3 Å². The molecule has 0 fully saturated rings. The van der Waals surface area contributed by atoms with Crippen molar-refractivity contribution >= 4 is 34.4 Å². The van der Waals surface area contributed by atoms with Crippen LogP contribution in [0.15, 0.2) is 72.8 Å². The smallest absolute Gasteiger partial charge is 0.331 e. The number of hydrogen-bond acceptors (Lipinski definition) is 3. The van der Waals surface area contributed by atoms with Crippen molar-refractivity contribution in [3.63, 3.8) is 0 Å². The zero-order chi connectivity index (χ0) is 18.4. The highest BCUT2D eigenvalue weighted by Crippen LogP contribution is 2.22. The van der Waals surface area contributed by atoms with Crippen molar-refractivity contribution in [2.75, 3.05) is 11.9 Å². The maximum absolute atomic E-state index is 12.1. The Bertz CT molecular complexity index is 953. The van der Waals surface area contributed by atoms with Gasteiger partial charge in [0.1, 0.15) is 0 Å². The molecule has 0 atom stereocenters. The minimum absolute atomic E-state index is 0.333. The molecule has 0 aliphatic heterocycles. The SMILES string of the molecule is Cc1ccc(/C=C/C(=O)OCC(=O)Nc2cccc3ccccc23)cc1. The molecule has 26 heavy (non-hydrogen) atoms. The topological polar surface area (TPSA) is 55.4 Å². The molecule has 3 aromatic carbocycles. The molecule has 3 rings (SSSR count). The molecule has 0 spiro atoms. The molecular weight excluding hydrogens is 326 g/mol. The number of benzene rings is 3. The molecule has 0 radical (unpaired) electrons. The number of fused-ring (bicyclic) bond motifs is 1. The van der Waals surface area contributed by atoms with Gasteiger partial charge in [-0.2, -0.15) is 0 Å². The summed E-state index contributed by atoms with van der Waals surface area (Å²) in [7, 11) is 0. The van der Waals surface area contributed by atoms with Crippen LogP contribution in [0.25, 0.3) is 16.8 Å². The lowest BCUT2D eigenvalue weighted by Gasteiger charge is -2.08. The predicted octanol–water partition coefficient (Wildman–Crippen LogP) is 4.34. The van der Waals surface area contributed by atoms with E-state index < -0.39 is 5.97 Å². The van der Waals surface area contributed by atoms with Crippen LogP contribution >= 0.6 is 0 Å². The minimum atomic E-state index is -0.557. The Morgan fingerprint density at radius 2 is 1.69 bits per heavy atom. The Morgan fingerprint density at radius 1 is 0.962 bits per heavy atom. The van der Waals surface area contributed by atoms with E-state index in [2.05, 4.69) is 5.32 Å². The molecule has 0 saturated carbocycles. The molecule has 0 aromatic heterocycles. The molecule has 0 aliphatic carbocycles. The third-order valence-corrected chi connectivity index (χ3v) is 3.90. The second-order valence-corrected chi connectivity index (χ2v) is 5.93. The number of hydrogen-bond donors (Lipinski definition) is 1. The Kier molecular flexibility index (Phi) is 5.44. The van der Waals surface area contributed by atoms with E-state index in [1.54, 1.807) is 6.08 Å². The first-order valence-electron chi connectivity index (χ1n) is 8.31. The van der Waals surface area contributed by atoms with Crippen LogP contribution in [0, 0.1) is 6.92 Å². The van der Waals surface area contributed by atoms with Crippen molar-refractivity contribution in [2.45, 2.75) is 6.92 Å². The van der Waals surface area contributed by atoms with Crippen molar-refractivity contribution in [3.8, 4) is 0 Å². The Labute approximate surface area is 152 Å². The lowest BCUT2D eigenvalue weighted by molar-refractivity contribution is -0.142. The summed E-state index contributed by atoms with van der Waals surface area (Å²) in [5.41, 5.74) is 2.74. The van der Waals surface area contributed by atoms with E-state index >= 15 is 0 Å².